The van der Waals surface area contributed by atoms with Gasteiger partial charge in [0.15, 0.2) is 5.96 Å². The van der Waals surface area contributed by atoms with E-state index in [9.17, 15) is 0 Å². The molecule has 154 valence electrons. The second kappa shape index (κ2) is 10.9. The molecule has 2 unspecified atom stereocenters. The van der Waals surface area contributed by atoms with E-state index in [1.807, 2.05) is 28.9 Å². The molecule has 0 spiro atoms. The number of thiazole rings is 1. The fourth-order valence-electron chi connectivity index (χ4n) is 3.83. The van der Waals surface area contributed by atoms with Crippen LogP contribution in [0.1, 0.15) is 47.5 Å². The quantitative estimate of drug-likeness (QED) is 0.502. The van der Waals surface area contributed by atoms with Gasteiger partial charge in [-0.15, -0.1) is 22.7 Å². The molecule has 3 rings (SSSR count). The number of aromatic nitrogens is 1. The Hall–Kier alpha value is -1.44. The lowest BCUT2D eigenvalue weighted by atomic mass is 9.88. The van der Waals surface area contributed by atoms with Crippen LogP contribution in [0.5, 0.6) is 0 Å². The van der Waals surface area contributed by atoms with Gasteiger partial charge in [0.25, 0.3) is 0 Å². The number of guanidine groups is 1. The lowest BCUT2D eigenvalue weighted by Crippen LogP contribution is -2.40. The van der Waals surface area contributed by atoms with E-state index in [0.29, 0.717) is 12.0 Å². The van der Waals surface area contributed by atoms with E-state index in [1.165, 1.54) is 34.1 Å². The first-order chi connectivity index (χ1) is 13.7. The highest BCUT2D eigenvalue weighted by molar-refractivity contribution is 7.11. The van der Waals surface area contributed by atoms with Crippen LogP contribution in [-0.2, 0) is 12.8 Å². The van der Waals surface area contributed by atoms with Gasteiger partial charge in [-0.3, -0.25) is 9.89 Å². The molecular weight excluding hydrogens is 386 g/mol. The van der Waals surface area contributed by atoms with Crippen LogP contribution < -0.4 is 10.6 Å². The van der Waals surface area contributed by atoms with Crippen LogP contribution in [0.2, 0.25) is 0 Å². The van der Waals surface area contributed by atoms with Crippen molar-refractivity contribution in [3.8, 4) is 0 Å². The minimum Gasteiger partial charge on any atom is -0.357 e. The summed E-state index contributed by atoms with van der Waals surface area (Å²) < 4.78 is 0. The zero-order valence-corrected chi connectivity index (χ0v) is 18.9. The monoisotopic (exact) mass is 419 g/mol. The summed E-state index contributed by atoms with van der Waals surface area (Å²) >= 11 is 3.69. The van der Waals surface area contributed by atoms with Crippen LogP contribution in [0.3, 0.4) is 0 Å². The van der Waals surface area contributed by atoms with Crippen molar-refractivity contribution in [1.29, 1.82) is 0 Å². The number of aliphatic imine (C=N–C) groups is 1. The fraction of sp³-hybridized carbons (Fsp3) is 0.619. The molecular formula is C21H33N5S2. The Morgan fingerprint density at radius 1 is 1.36 bits per heavy atom. The van der Waals surface area contributed by atoms with Gasteiger partial charge < -0.3 is 10.6 Å². The van der Waals surface area contributed by atoms with Gasteiger partial charge in [-0.25, -0.2) is 4.98 Å². The van der Waals surface area contributed by atoms with Crippen LogP contribution in [0, 0.1) is 5.92 Å². The van der Waals surface area contributed by atoms with Gasteiger partial charge in [0.1, 0.15) is 0 Å². The molecule has 2 N–H and O–H groups in total. The summed E-state index contributed by atoms with van der Waals surface area (Å²) in [6.07, 6.45) is 6.51. The summed E-state index contributed by atoms with van der Waals surface area (Å²) in [6, 6.07) is 4.93. The number of rotatable bonds is 8. The molecule has 2 aromatic heterocycles. The first-order valence-electron chi connectivity index (χ1n) is 10.4. The minimum atomic E-state index is 0.489. The molecule has 7 heteroatoms. The van der Waals surface area contributed by atoms with Crippen molar-refractivity contribution in [2.24, 2.45) is 10.9 Å². The highest BCUT2D eigenvalue weighted by atomic mass is 32.1. The van der Waals surface area contributed by atoms with E-state index in [2.05, 4.69) is 58.9 Å². The molecule has 2 atom stereocenters. The second-order valence-electron chi connectivity index (χ2n) is 7.31. The molecule has 0 amide bonds. The molecule has 28 heavy (non-hydrogen) atoms. The molecule has 0 radical (unpaired) electrons. The summed E-state index contributed by atoms with van der Waals surface area (Å²) in [6.45, 7) is 8.07. The van der Waals surface area contributed by atoms with Crippen molar-refractivity contribution in [1.82, 2.24) is 20.5 Å². The Bertz CT molecular complexity index is 725. The van der Waals surface area contributed by atoms with Gasteiger partial charge in [0.2, 0.25) is 0 Å². The number of hydrogen-bond donors (Lipinski definition) is 2. The minimum absolute atomic E-state index is 0.489. The number of piperidine rings is 1. The lowest BCUT2D eigenvalue weighted by molar-refractivity contribution is 0.128. The van der Waals surface area contributed by atoms with Gasteiger partial charge in [0.05, 0.1) is 5.01 Å². The third-order valence-corrected chi connectivity index (χ3v) is 7.40. The third-order valence-electron chi connectivity index (χ3n) is 5.25. The van der Waals surface area contributed by atoms with E-state index in [0.717, 1.165) is 38.4 Å². The summed E-state index contributed by atoms with van der Waals surface area (Å²) in [5.41, 5.74) is 0. The maximum Gasteiger partial charge on any atom is 0.191 e. The fourth-order valence-corrected chi connectivity index (χ4v) is 5.67. The smallest absolute Gasteiger partial charge is 0.191 e. The topological polar surface area (TPSA) is 52.6 Å². The molecule has 2 aromatic rings. The molecule has 1 aliphatic rings. The van der Waals surface area contributed by atoms with Crippen LogP contribution in [0.15, 0.2) is 28.7 Å². The number of nitrogens with zero attached hydrogens (tertiary/aromatic N) is 3. The summed E-state index contributed by atoms with van der Waals surface area (Å²) in [5.74, 6) is 1.49. The number of thiophene rings is 1. The van der Waals surface area contributed by atoms with E-state index in [1.54, 1.807) is 0 Å². The average Bonchev–Trinajstić information content (AvgIpc) is 3.38. The summed E-state index contributed by atoms with van der Waals surface area (Å²) in [4.78, 5) is 14.8. The Morgan fingerprint density at radius 3 is 2.96 bits per heavy atom. The molecule has 0 bridgehead atoms. The molecule has 5 nitrogen and oxygen atoms in total. The van der Waals surface area contributed by atoms with Gasteiger partial charge in [-0.2, -0.15) is 0 Å². The largest absolute Gasteiger partial charge is 0.357 e. The zero-order valence-electron chi connectivity index (χ0n) is 17.3. The number of nitrogens with one attached hydrogen (secondary N) is 2. The molecule has 0 aromatic carbocycles. The van der Waals surface area contributed by atoms with Gasteiger partial charge >= 0.3 is 0 Å². The van der Waals surface area contributed by atoms with Crippen molar-refractivity contribution in [2.75, 3.05) is 33.2 Å². The van der Waals surface area contributed by atoms with Crippen LogP contribution >= 0.6 is 22.7 Å². The van der Waals surface area contributed by atoms with Gasteiger partial charge in [-0.05, 0) is 57.1 Å². The number of hydrogen-bond acceptors (Lipinski definition) is 5. The molecule has 0 saturated carbocycles. The zero-order chi connectivity index (χ0) is 19.8. The standard InChI is InChI=1S/C21H33N5S2/c1-4-17-15-24-19(28-17)10-11-23-21(22-5-2)25-14-16-8-6-12-26(3)20(16)18-9-7-13-27-18/h7,9,13,15-16,20H,4-6,8,10-12,14H2,1-3H3,(H2,22,23,25). The molecule has 0 aliphatic carbocycles. The van der Waals surface area contributed by atoms with Crippen molar-refractivity contribution in [2.45, 2.75) is 45.6 Å². The Labute approximate surface area is 177 Å². The van der Waals surface area contributed by atoms with Crippen LogP contribution in [-0.4, -0.2) is 49.1 Å². The Morgan fingerprint density at radius 2 is 2.25 bits per heavy atom. The molecule has 1 aliphatic heterocycles. The van der Waals surface area contributed by atoms with Crippen molar-refractivity contribution < 1.29 is 0 Å². The summed E-state index contributed by atoms with van der Waals surface area (Å²) in [7, 11) is 2.25. The molecule has 1 fully saturated rings. The first kappa shape index (κ1) is 21.3. The number of aryl methyl sites for hydroxylation is 1. The predicted molar refractivity (Wildman–Crippen MR) is 122 cm³/mol. The van der Waals surface area contributed by atoms with Crippen molar-refractivity contribution in [3.05, 3.63) is 38.5 Å². The van der Waals surface area contributed by atoms with Crippen molar-refractivity contribution >= 4 is 28.6 Å². The number of likely N-dealkylation sites (tertiary alicyclic amines) is 1. The van der Waals surface area contributed by atoms with E-state index >= 15 is 0 Å². The Kier molecular flexibility index (Phi) is 8.30. The van der Waals surface area contributed by atoms with Crippen LogP contribution in [0.4, 0.5) is 0 Å². The lowest BCUT2D eigenvalue weighted by Gasteiger charge is -2.38. The molecule has 1 saturated heterocycles. The summed E-state index contributed by atoms with van der Waals surface area (Å²) in [5, 5.41) is 10.3. The average molecular weight is 420 g/mol. The Balaban J connectivity index is 1.57. The highest BCUT2D eigenvalue weighted by Crippen LogP contribution is 2.37. The maximum atomic E-state index is 4.94. The maximum absolute atomic E-state index is 4.94. The predicted octanol–water partition coefficient (Wildman–Crippen LogP) is 3.95. The third kappa shape index (κ3) is 5.78. The van der Waals surface area contributed by atoms with E-state index in [-0.39, 0.29) is 0 Å². The second-order valence-corrected chi connectivity index (χ2v) is 9.49. The van der Waals surface area contributed by atoms with E-state index < -0.39 is 0 Å². The van der Waals surface area contributed by atoms with Crippen LogP contribution in [0.25, 0.3) is 0 Å². The van der Waals surface area contributed by atoms with E-state index in [4.69, 9.17) is 4.99 Å². The SMILES string of the molecule is CCNC(=NCC1CCCN(C)C1c1cccs1)NCCc1ncc(CC)s1. The first-order valence-corrected chi connectivity index (χ1v) is 12.1. The highest BCUT2D eigenvalue weighted by Gasteiger charge is 2.31. The molecule has 3 heterocycles. The van der Waals surface area contributed by atoms with Gasteiger partial charge in [-0.1, -0.05) is 13.0 Å². The normalized spacial score (nSPS) is 21.0. The van der Waals surface area contributed by atoms with Gasteiger partial charge in [0, 0.05) is 48.0 Å². The van der Waals surface area contributed by atoms with Crippen molar-refractivity contribution in [3.63, 3.8) is 0 Å².